The number of aliphatic carboxylic acids is 1. The highest BCUT2D eigenvalue weighted by Crippen LogP contribution is 2.12. The quantitative estimate of drug-likeness (QED) is 0.131. The molecule has 0 aliphatic heterocycles. The smallest absolute Gasteiger partial charge is 0.329 e. The van der Waals surface area contributed by atoms with Crippen molar-refractivity contribution in [3.05, 3.63) is 29.8 Å². The van der Waals surface area contributed by atoms with Crippen molar-refractivity contribution in [2.75, 3.05) is 92.4 Å². The average Bonchev–Trinajstić information content (AvgIpc) is 2.85. The molecular weight excluding hydrogens is 514 g/mol. The van der Waals surface area contributed by atoms with Gasteiger partial charge < -0.3 is 38.8 Å². The second-order valence-electron chi connectivity index (χ2n) is 7.39. The monoisotopic (exact) mass is 551 g/mol. The third-order valence-electron chi connectivity index (χ3n) is 4.29. The number of nitrogens with one attached hydrogen (secondary N) is 1. The molecule has 0 aliphatic carbocycles. The van der Waals surface area contributed by atoms with Crippen LogP contribution in [0, 0.1) is 6.92 Å². The van der Waals surface area contributed by atoms with E-state index in [0.717, 1.165) is 5.56 Å². The van der Waals surface area contributed by atoms with E-state index in [9.17, 15) is 18.0 Å². The molecule has 0 saturated carbocycles. The number of carbonyl (C=O) groups is 2. The van der Waals surface area contributed by atoms with E-state index in [1.54, 1.807) is 12.1 Å². The van der Waals surface area contributed by atoms with Crippen LogP contribution in [0.15, 0.2) is 29.2 Å². The van der Waals surface area contributed by atoms with Crippen LogP contribution >= 0.6 is 0 Å². The molecule has 0 heterocycles. The summed E-state index contributed by atoms with van der Waals surface area (Å²) in [6, 6.07) is 6.42. The Morgan fingerprint density at radius 1 is 0.703 bits per heavy atom. The lowest BCUT2D eigenvalue weighted by Gasteiger charge is -2.09. The van der Waals surface area contributed by atoms with E-state index < -0.39 is 28.6 Å². The second-order valence-corrected chi connectivity index (χ2v) is 9.00. The van der Waals surface area contributed by atoms with Crippen LogP contribution in [0.2, 0.25) is 0 Å². The van der Waals surface area contributed by atoms with Crippen LogP contribution in [0.4, 0.5) is 0 Å². The highest BCUT2D eigenvalue weighted by atomic mass is 32.2. The van der Waals surface area contributed by atoms with Gasteiger partial charge in [0.15, 0.2) is 0 Å². The van der Waals surface area contributed by atoms with Crippen molar-refractivity contribution in [3.63, 3.8) is 0 Å². The van der Waals surface area contributed by atoms with E-state index in [2.05, 4.69) is 10.1 Å². The molecule has 2 N–H and O–H groups in total. The Morgan fingerprint density at radius 3 is 1.65 bits per heavy atom. The Bertz CT molecular complexity index is 848. The van der Waals surface area contributed by atoms with Gasteiger partial charge in [-0.25, -0.2) is 4.79 Å². The molecule has 212 valence electrons. The van der Waals surface area contributed by atoms with E-state index >= 15 is 0 Å². The first kappa shape index (κ1) is 32.9. The molecule has 37 heavy (non-hydrogen) atoms. The maximum atomic E-state index is 12.0. The second kappa shape index (κ2) is 20.8. The van der Waals surface area contributed by atoms with Crippen LogP contribution < -0.4 is 5.32 Å². The van der Waals surface area contributed by atoms with Gasteiger partial charge >= 0.3 is 5.97 Å². The summed E-state index contributed by atoms with van der Waals surface area (Å²) in [7, 11) is -3.78. The van der Waals surface area contributed by atoms with Gasteiger partial charge in [-0.15, -0.1) is 0 Å². The SMILES string of the molecule is Cc1ccc(S(=O)(=O)OCCOCCOCCOCCOCCOCCNC(=O)COCC(=O)O)cc1. The number of carboxylic acids is 1. The Morgan fingerprint density at radius 2 is 1.16 bits per heavy atom. The summed E-state index contributed by atoms with van der Waals surface area (Å²) in [5.74, 6) is -1.54. The van der Waals surface area contributed by atoms with Crippen LogP contribution in [0.5, 0.6) is 0 Å². The predicted octanol–water partition coefficient (Wildman–Crippen LogP) is 0.000720. The summed E-state index contributed by atoms with van der Waals surface area (Å²) in [4.78, 5) is 21.7. The fraction of sp³-hybridized carbons (Fsp3) is 0.652. The highest BCUT2D eigenvalue weighted by Gasteiger charge is 2.14. The molecular formula is C23H37NO12S. The lowest BCUT2D eigenvalue weighted by molar-refractivity contribution is -0.143. The number of ether oxygens (including phenoxy) is 6. The molecule has 0 atom stereocenters. The van der Waals surface area contributed by atoms with E-state index in [0.29, 0.717) is 59.5 Å². The molecule has 0 saturated heterocycles. The number of aryl methyl sites for hydroxylation is 1. The summed E-state index contributed by atoms with van der Waals surface area (Å²) in [5.41, 5.74) is 0.964. The summed E-state index contributed by atoms with van der Waals surface area (Å²) >= 11 is 0. The number of carbonyl (C=O) groups excluding carboxylic acids is 1. The van der Waals surface area contributed by atoms with Crippen molar-refractivity contribution >= 4 is 22.0 Å². The molecule has 1 aromatic rings. The third kappa shape index (κ3) is 18.7. The normalized spacial score (nSPS) is 11.5. The molecule has 0 aromatic heterocycles. The first-order valence-corrected chi connectivity index (χ1v) is 13.1. The molecule has 0 aliphatic rings. The number of hydrogen-bond donors (Lipinski definition) is 2. The Balaban J connectivity index is 1.79. The topological polar surface area (TPSA) is 165 Å². The minimum absolute atomic E-state index is 0.0768. The van der Waals surface area contributed by atoms with Crippen molar-refractivity contribution in [2.45, 2.75) is 11.8 Å². The molecule has 0 radical (unpaired) electrons. The molecule has 1 aromatic carbocycles. The fourth-order valence-corrected chi connectivity index (χ4v) is 3.39. The fourth-order valence-electron chi connectivity index (χ4n) is 2.50. The first-order valence-electron chi connectivity index (χ1n) is 11.7. The lowest BCUT2D eigenvalue weighted by Crippen LogP contribution is -2.31. The van der Waals surface area contributed by atoms with Gasteiger partial charge in [0.05, 0.1) is 77.6 Å². The molecule has 0 unspecified atom stereocenters. The Kier molecular flexibility index (Phi) is 18.5. The molecule has 1 amide bonds. The number of amides is 1. The summed E-state index contributed by atoms with van der Waals surface area (Å²) in [6.07, 6.45) is 0. The Labute approximate surface area is 217 Å². The van der Waals surface area contributed by atoms with Crippen molar-refractivity contribution in [3.8, 4) is 0 Å². The van der Waals surface area contributed by atoms with Crippen molar-refractivity contribution < 1.29 is 55.7 Å². The number of rotatable bonds is 24. The Hall–Kier alpha value is -2.17. The standard InChI is InChI=1S/C23H37NO12S/c1-20-2-4-21(5-3-20)37(28,29)36-17-16-34-15-14-33-13-12-32-11-10-31-9-8-30-7-6-24-22(25)18-35-19-23(26)27/h2-5H,6-19H2,1H3,(H,24,25)(H,26,27). The van der Waals surface area contributed by atoms with Crippen molar-refractivity contribution in [2.24, 2.45) is 0 Å². The largest absolute Gasteiger partial charge is 0.480 e. The van der Waals surface area contributed by atoms with Crippen molar-refractivity contribution in [1.29, 1.82) is 0 Å². The van der Waals surface area contributed by atoms with Crippen LogP contribution in [0.3, 0.4) is 0 Å². The van der Waals surface area contributed by atoms with Gasteiger partial charge in [-0.1, -0.05) is 17.7 Å². The van der Waals surface area contributed by atoms with Gasteiger partial charge in [-0.3, -0.25) is 8.98 Å². The minimum Gasteiger partial charge on any atom is -0.480 e. The minimum atomic E-state index is -3.78. The van der Waals surface area contributed by atoms with E-state index in [-0.39, 0.29) is 31.3 Å². The summed E-state index contributed by atoms with van der Waals surface area (Å²) in [5, 5.41) is 10.9. The van der Waals surface area contributed by atoms with Gasteiger partial charge in [-0.2, -0.15) is 8.42 Å². The van der Waals surface area contributed by atoms with Gasteiger partial charge in [-0.05, 0) is 19.1 Å². The first-order chi connectivity index (χ1) is 17.8. The van der Waals surface area contributed by atoms with Crippen LogP contribution in [-0.4, -0.2) is 118 Å². The zero-order valence-electron chi connectivity index (χ0n) is 21.1. The van der Waals surface area contributed by atoms with Gasteiger partial charge in [0, 0.05) is 6.54 Å². The third-order valence-corrected chi connectivity index (χ3v) is 5.62. The van der Waals surface area contributed by atoms with Crippen LogP contribution in [-0.2, 0) is 52.3 Å². The molecule has 0 bridgehead atoms. The number of hydrogen-bond acceptors (Lipinski definition) is 11. The van der Waals surface area contributed by atoms with Crippen LogP contribution in [0.25, 0.3) is 0 Å². The average molecular weight is 552 g/mol. The van der Waals surface area contributed by atoms with Gasteiger partial charge in [0.1, 0.15) is 13.2 Å². The summed E-state index contributed by atoms with van der Waals surface area (Å²) < 4.78 is 60.3. The highest BCUT2D eigenvalue weighted by molar-refractivity contribution is 7.86. The van der Waals surface area contributed by atoms with Crippen molar-refractivity contribution in [1.82, 2.24) is 5.32 Å². The number of benzene rings is 1. The molecule has 1 rings (SSSR count). The lowest BCUT2D eigenvalue weighted by atomic mass is 10.2. The summed E-state index contributed by atoms with van der Waals surface area (Å²) in [6.45, 7) is 4.65. The van der Waals surface area contributed by atoms with E-state index in [4.69, 9.17) is 33.0 Å². The molecule has 0 spiro atoms. The molecule has 14 heteroatoms. The zero-order valence-corrected chi connectivity index (χ0v) is 21.9. The maximum absolute atomic E-state index is 12.0. The molecule has 13 nitrogen and oxygen atoms in total. The van der Waals surface area contributed by atoms with E-state index in [1.165, 1.54) is 12.1 Å². The molecule has 0 fully saturated rings. The predicted molar refractivity (Wildman–Crippen MR) is 130 cm³/mol. The number of carboxylic acid groups (broad SMARTS) is 1. The van der Waals surface area contributed by atoms with Gasteiger partial charge in [0.2, 0.25) is 5.91 Å². The zero-order chi connectivity index (χ0) is 27.2. The van der Waals surface area contributed by atoms with Crippen LogP contribution in [0.1, 0.15) is 5.56 Å². The maximum Gasteiger partial charge on any atom is 0.329 e. The van der Waals surface area contributed by atoms with Gasteiger partial charge in [0.25, 0.3) is 10.1 Å². The van der Waals surface area contributed by atoms with E-state index in [1.807, 2.05) is 6.92 Å².